The molecule has 0 radical (unpaired) electrons. The molecule has 0 aromatic carbocycles. The Morgan fingerprint density at radius 1 is 0.971 bits per heavy atom. The van der Waals surface area contributed by atoms with E-state index in [0.29, 0.717) is 30.3 Å². The zero-order valence-electron chi connectivity index (χ0n) is 23.1. The van der Waals surface area contributed by atoms with Crippen molar-refractivity contribution in [1.29, 1.82) is 0 Å². The molecule has 198 valence electrons. The fourth-order valence-electron chi connectivity index (χ4n) is 8.81. The van der Waals surface area contributed by atoms with Gasteiger partial charge in [0.05, 0.1) is 19.6 Å². The van der Waals surface area contributed by atoms with Crippen LogP contribution in [0.15, 0.2) is 11.6 Å². The van der Waals surface area contributed by atoms with Crippen molar-refractivity contribution in [2.75, 3.05) is 26.4 Å². The maximum atomic E-state index is 12.7. The second-order valence-corrected chi connectivity index (χ2v) is 12.7. The molecule has 6 atom stereocenters. The highest BCUT2D eigenvalue weighted by Crippen LogP contribution is 2.64. The molecule has 0 aliphatic heterocycles. The van der Waals surface area contributed by atoms with Crippen LogP contribution in [-0.2, 0) is 14.3 Å². The molecule has 3 fully saturated rings. The molecule has 0 amide bonds. The normalized spacial score (nSPS) is 36.6. The van der Waals surface area contributed by atoms with Gasteiger partial charge in [0.15, 0.2) is 0 Å². The number of Topliss-reactive ketones (excluding diaryl/α,β-unsaturated/α-hetero) is 1. The predicted molar refractivity (Wildman–Crippen MR) is 139 cm³/mol. The Hall–Kier alpha value is -1.36. The molecular formula is C30H50NO4+. The molecule has 0 spiro atoms. The van der Waals surface area contributed by atoms with E-state index in [1.165, 1.54) is 5.57 Å². The van der Waals surface area contributed by atoms with Crippen molar-refractivity contribution in [2.24, 2.45) is 28.6 Å². The van der Waals surface area contributed by atoms with Crippen molar-refractivity contribution in [3.8, 4) is 0 Å². The first-order valence-electron chi connectivity index (χ1n) is 14.6. The lowest BCUT2D eigenvalue weighted by atomic mass is 9.48. The molecule has 0 bridgehead atoms. The van der Waals surface area contributed by atoms with E-state index in [1.807, 2.05) is 0 Å². The van der Waals surface area contributed by atoms with Crippen LogP contribution in [0.1, 0.15) is 105 Å². The van der Waals surface area contributed by atoms with Gasteiger partial charge in [-0.3, -0.25) is 9.28 Å². The number of ether oxygens (including phenoxy) is 2. The molecule has 4 aliphatic carbocycles. The zero-order chi connectivity index (χ0) is 25.3. The highest BCUT2D eigenvalue weighted by molar-refractivity contribution is 5.87. The number of hydrogen-bond donors (Lipinski definition) is 0. The number of nitrogens with zero attached hydrogens (tertiary/aromatic N) is 1. The van der Waals surface area contributed by atoms with E-state index in [1.54, 1.807) is 0 Å². The van der Waals surface area contributed by atoms with Crippen molar-refractivity contribution in [2.45, 2.75) is 111 Å². The van der Waals surface area contributed by atoms with Crippen molar-refractivity contribution in [3.63, 3.8) is 0 Å². The molecule has 4 aliphatic rings. The number of quaternary nitrogens is 1. The Bertz CT molecular complexity index is 804. The summed E-state index contributed by atoms with van der Waals surface area (Å²) >= 11 is 0. The van der Waals surface area contributed by atoms with Gasteiger partial charge in [0.2, 0.25) is 6.73 Å². The third kappa shape index (κ3) is 4.95. The van der Waals surface area contributed by atoms with Gasteiger partial charge in [0.25, 0.3) is 0 Å². The highest BCUT2D eigenvalue weighted by atomic mass is 16.7. The standard InChI is InChI=1S/C30H50NO4/c1-6-17-31(18-7-2,19-8-3)21-34-28(33)35-23-13-15-29(4)22(20-23)9-10-24-25-11-12-27(32)30(25,5)16-14-26(24)29/h9,23-26H,6-8,10-21H2,1-5H3/q+1/t23-,24-,25-,26-,29-,30-/m0/s1. The minimum atomic E-state index is -0.489. The summed E-state index contributed by atoms with van der Waals surface area (Å²) in [4.78, 5) is 25.4. The van der Waals surface area contributed by atoms with E-state index < -0.39 is 6.16 Å². The number of carbonyl (C=O) groups excluding carboxylic acids is 2. The highest BCUT2D eigenvalue weighted by Gasteiger charge is 2.58. The molecule has 0 aromatic rings. The minimum absolute atomic E-state index is 0.0754. The number of allylic oxidation sites excluding steroid dienone is 1. The topological polar surface area (TPSA) is 52.6 Å². The third-order valence-electron chi connectivity index (χ3n) is 10.6. The molecule has 5 nitrogen and oxygen atoms in total. The number of hydrogen-bond acceptors (Lipinski definition) is 4. The van der Waals surface area contributed by atoms with Gasteiger partial charge in [-0.05, 0) is 81.0 Å². The van der Waals surface area contributed by atoms with Crippen LogP contribution in [-0.4, -0.2) is 48.9 Å². The van der Waals surface area contributed by atoms with Crippen LogP contribution in [0.4, 0.5) is 4.79 Å². The Balaban J connectivity index is 1.37. The number of ketones is 1. The van der Waals surface area contributed by atoms with E-state index in [4.69, 9.17) is 9.47 Å². The lowest BCUT2D eigenvalue weighted by Crippen LogP contribution is -2.52. The first-order valence-corrected chi connectivity index (χ1v) is 14.6. The summed E-state index contributed by atoms with van der Waals surface area (Å²) in [7, 11) is 0. The van der Waals surface area contributed by atoms with Gasteiger partial charge in [0.1, 0.15) is 11.9 Å². The molecule has 3 saturated carbocycles. The van der Waals surface area contributed by atoms with Crippen LogP contribution in [0.25, 0.3) is 0 Å². The fraction of sp³-hybridized carbons (Fsp3) is 0.867. The lowest BCUT2D eigenvalue weighted by Gasteiger charge is -2.56. The van der Waals surface area contributed by atoms with Crippen LogP contribution in [0, 0.1) is 28.6 Å². The van der Waals surface area contributed by atoms with Gasteiger partial charge in [-0.1, -0.05) is 46.3 Å². The van der Waals surface area contributed by atoms with Crippen LogP contribution in [0.3, 0.4) is 0 Å². The molecule has 0 heterocycles. The number of fused-ring (bicyclic) bond motifs is 5. The second kappa shape index (κ2) is 10.6. The van der Waals surface area contributed by atoms with E-state index in [2.05, 4.69) is 40.7 Å². The van der Waals surface area contributed by atoms with Gasteiger partial charge >= 0.3 is 6.16 Å². The van der Waals surface area contributed by atoms with Crippen LogP contribution >= 0.6 is 0 Å². The predicted octanol–water partition coefficient (Wildman–Crippen LogP) is 7.04. The number of carbonyl (C=O) groups is 2. The molecule has 5 heteroatoms. The second-order valence-electron chi connectivity index (χ2n) is 12.7. The molecule has 4 rings (SSSR count). The number of rotatable bonds is 9. The average Bonchev–Trinajstić information content (AvgIpc) is 3.13. The smallest absolute Gasteiger partial charge is 0.431 e. The summed E-state index contributed by atoms with van der Waals surface area (Å²) < 4.78 is 12.5. The van der Waals surface area contributed by atoms with Gasteiger partial charge in [-0.2, -0.15) is 0 Å². The van der Waals surface area contributed by atoms with Crippen molar-refractivity contribution < 1.29 is 23.5 Å². The van der Waals surface area contributed by atoms with Gasteiger partial charge < -0.3 is 9.47 Å². The first-order chi connectivity index (χ1) is 16.7. The van der Waals surface area contributed by atoms with Gasteiger partial charge in [0, 0.05) is 18.3 Å². The zero-order valence-corrected chi connectivity index (χ0v) is 23.1. The molecule has 0 N–H and O–H groups in total. The van der Waals surface area contributed by atoms with Crippen molar-refractivity contribution in [3.05, 3.63) is 11.6 Å². The van der Waals surface area contributed by atoms with Crippen LogP contribution in [0.2, 0.25) is 0 Å². The van der Waals surface area contributed by atoms with Crippen molar-refractivity contribution in [1.82, 2.24) is 0 Å². The maximum absolute atomic E-state index is 12.7. The molecule has 35 heavy (non-hydrogen) atoms. The summed E-state index contributed by atoms with van der Waals surface area (Å²) in [5.74, 6) is 2.36. The Kier molecular flexibility index (Phi) is 8.05. The minimum Gasteiger partial charge on any atom is -0.431 e. The summed E-state index contributed by atoms with van der Waals surface area (Å²) in [5.41, 5.74) is 1.60. The molecular weight excluding hydrogens is 438 g/mol. The summed E-state index contributed by atoms with van der Waals surface area (Å²) in [6, 6.07) is 0. The van der Waals surface area contributed by atoms with Crippen LogP contribution in [0.5, 0.6) is 0 Å². The van der Waals surface area contributed by atoms with Crippen LogP contribution < -0.4 is 0 Å². The molecule has 0 saturated heterocycles. The monoisotopic (exact) mass is 488 g/mol. The Labute approximate surface area is 213 Å². The SMILES string of the molecule is CCC[N+](CCC)(CCC)COC(=O)O[C@H]1CC[C@@]2(C)C(=CC[C@@H]3[C@@H]2CC[C@]2(C)C(=O)CC[C@@H]32)C1. The quantitative estimate of drug-likeness (QED) is 0.151. The van der Waals surface area contributed by atoms with E-state index >= 15 is 0 Å². The maximum Gasteiger partial charge on any atom is 0.512 e. The fourth-order valence-corrected chi connectivity index (χ4v) is 8.81. The molecule has 0 aromatic heterocycles. The third-order valence-corrected chi connectivity index (χ3v) is 10.6. The Morgan fingerprint density at radius 2 is 1.60 bits per heavy atom. The lowest BCUT2D eigenvalue weighted by molar-refractivity contribution is -0.943. The summed E-state index contributed by atoms with van der Waals surface area (Å²) in [6.07, 6.45) is 13.1. The first kappa shape index (κ1) is 26.7. The van der Waals surface area contributed by atoms with Crippen molar-refractivity contribution >= 4 is 11.9 Å². The summed E-state index contributed by atoms with van der Waals surface area (Å²) in [5, 5.41) is 0. The van der Waals surface area contributed by atoms with Gasteiger partial charge in [-0.25, -0.2) is 4.79 Å². The Morgan fingerprint density at radius 3 is 2.26 bits per heavy atom. The van der Waals surface area contributed by atoms with E-state index in [9.17, 15) is 9.59 Å². The summed E-state index contributed by atoms with van der Waals surface area (Å²) in [6.45, 7) is 14.9. The van der Waals surface area contributed by atoms with E-state index in [0.717, 1.165) is 94.7 Å². The van der Waals surface area contributed by atoms with Gasteiger partial charge in [-0.15, -0.1) is 0 Å². The molecule has 0 unspecified atom stereocenters. The largest absolute Gasteiger partial charge is 0.512 e. The average molecular weight is 489 g/mol. The van der Waals surface area contributed by atoms with E-state index in [-0.39, 0.29) is 16.9 Å².